The Morgan fingerprint density at radius 2 is 1.75 bits per heavy atom. The Bertz CT molecular complexity index is 480. The summed E-state index contributed by atoms with van der Waals surface area (Å²) in [5, 5.41) is 8.83. The van der Waals surface area contributed by atoms with Crippen LogP contribution in [0.2, 0.25) is 18.1 Å². The van der Waals surface area contributed by atoms with Crippen LogP contribution in [0.15, 0.2) is 24.3 Å². The smallest absolute Gasteiger partial charge is 0.0991 e. The van der Waals surface area contributed by atoms with Gasteiger partial charge < -0.3 is 0 Å². The van der Waals surface area contributed by atoms with Crippen molar-refractivity contribution in [1.82, 2.24) is 0 Å². The maximum Gasteiger partial charge on any atom is 0.0991 e. The molecule has 24 heavy (non-hydrogen) atoms. The van der Waals surface area contributed by atoms with E-state index in [0.717, 1.165) is 11.5 Å². The number of nitriles is 1. The van der Waals surface area contributed by atoms with Crippen molar-refractivity contribution in [2.45, 2.75) is 89.3 Å². The van der Waals surface area contributed by atoms with Crippen molar-refractivity contribution >= 4 is 8.80 Å². The zero-order valence-corrected chi connectivity index (χ0v) is 16.8. The zero-order chi connectivity index (χ0) is 17.0. The van der Waals surface area contributed by atoms with Crippen LogP contribution in [-0.2, 0) is 6.42 Å². The maximum atomic E-state index is 8.83. The topological polar surface area (TPSA) is 23.8 Å². The van der Waals surface area contributed by atoms with Gasteiger partial charge in [0.15, 0.2) is 0 Å². The predicted octanol–water partition coefficient (Wildman–Crippen LogP) is 6.49. The van der Waals surface area contributed by atoms with Crippen LogP contribution in [0, 0.1) is 17.2 Å². The fourth-order valence-electron chi connectivity index (χ4n) is 4.18. The van der Waals surface area contributed by atoms with Gasteiger partial charge in [-0.3, -0.25) is 0 Å². The lowest BCUT2D eigenvalue weighted by Gasteiger charge is -2.27. The van der Waals surface area contributed by atoms with Gasteiger partial charge in [0.1, 0.15) is 0 Å². The summed E-state index contributed by atoms with van der Waals surface area (Å²) in [4.78, 5) is 0. The van der Waals surface area contributed by atoms with Gasteiger partial charge in [0.2, 0.25) is 0 Å². The Kier molecular flexibility index (Phi) is 9.21. The number of hydrogen-bond donors (Lipinski definition) is 0. The highest BCUT2D eigenvalue weighted by Crippen LogP contribution is 2.31. The molecule has 1 aliphatic rings. The zero-order valence-electron chi connectivity index (χ0n) is 15.6. The minimum Gasteiger partial charge on any atom is -0.192 e. The van der Waals surface area contributed by atoms with E-state index in [-0.39, 0.29) is 0 Å². The molecule has 1 fully saturated rings. The lowest BCUT2D eigenvalue weighted by atomic mass is 9.95. The largest absolute Gasteiger partial charge is 0.192 e. The normalized spacial score (nSPS) is 20.7. The number of benzene rings is 1. The van der Waals surface area contributed by atoms with Gasteiger partial charge in [0, 0.05) is 8.80 Å². The van der Waals surface area contributed by atoms with Crippen LogP contribution in [0.25, 0.3) is 0 Å². The molecule has 1 heterocycles. The molecule has 2 heteroatoms. The average molecular weight is 342 g/mol. The molecule has 0 bridgehead atoms. The summed E-state index contributed by atoms with van der Waals surface area (Å²) in [6.07, 6.45) is 14.3. The van der Waals surface area contributed by atoms with Crippen molar-refractivity contribution in [3.05, 3.63) is 35.4 Å². The molecular formula is C22H35NSi. The van der Waals surface area contributed by atoms with Crippen LogP contribution in [0.1, 0.15) is 75.8 Å². The number of nitrogens with zero attached hydrogens (tertiary/aromatic N) is 1. The molecule has 1 aliphatic heterocycles. The summed E-state index contributed by atoms with van der Waals surface area (Å²) in [7, 11) is -0.394. The second-order valence-electron chi connectivity index (χ2n) is 7.79. The van der Waals surface area contributed by atoms with Gasteiger partial charge in [-0.2, -0.15) is 5.26 Å². The van der Waals surface area contributed by atoms with Crippen molar-refractivity contribution in [1.29, 1.82) is 5.26 Å². The van der Waals surface area contributed by atoms with Crippen molar-refractivity contribution in [2.24, 2.45) is 5.92 Å². The highest BCUT2D eigenvalue weighted by Gasteiger charge is 2.21. The lowest BCUT2D eigenvalue weighted by molar-refractivity contribution is 0.414. The van der Waals surface area contributed by atoms with Gasteiger partial charge in [-0.15, -0.1) is 0 Å². The number of aryl methyl sites for hydroxylation is 1. The van der Waals surface area contributed by atoms with Crippen LogP contribution >= 0.6 is 0 Å². The molecule has 1 saturated heterocycles. The SMILES string of the molecule is CCCCCC[C@H]1CC[Si@H](CCCCc2ccc(C#N)cc2)CC1. The van der Waals surface area contributed by atoms with E-state index in [4.69, 9.17) is 5.26 Å². The first kappa shape index (κ1) is 19.3. The standard InChI is InChI=1S/C22H35NSi/c1-2-3-4-5-8-21-14-17-24(18-15-21)16-7-6-9-20-10-12-22(19-23)13-11-20/h10-13,21,24H,2-9,14-18H2,1H3/t21-,24-. The molecule has 0 radical (unpaired) electrons. The first-order valence-corrected chi connectivity index (χ1v) is 12.8. The second-order valence-corrected chi connectivity index (χ2v) is 11.3. The van der Waals surface area contributed by atoms with Gasteiger partial charge in [0.25, 0.3) is 0 Å². The van der Waals surface area contributed by atoms with Crippen LogP contribution in [-0.4, -0.2) is 8.80 Å². The molecule has 132 valence electrons. The molecule has 1 aromatic carbocycles. The summed E-state index contributed by atoms with van der Waals surface area (Å²) in [5.74, 6) is 1.07. The van der Waals surface area contributed by atoms with E-state index < -0.39 is 8.80 Å². The molecule has 2 rings (SSSR count). The fourth-order valence-corrected chi connectivity index (χ4v) is 7.79. The lowest BCUT2D eigenvalue weighted by Crippen LogP contribution is -2.21. The van der Waals surface area contributed by atoms with E-state index in [1.54, 1.807) is 31.0 Å². The predicted molar refractivity (Wildman–Crippen MR) is 107 cm³/mol. The van der Waals surface area contributed by atoms with Gasteiger partial charge in [0.05, 0.1) is 11.6 Å². The summed E-state index contributed by atoms with van der Waals surface area (Å²) in [6, 6.07) is 15.2. The molecule has 0 unspecified atom stereocenters. The monoisotopic (exact) mass is 341 g/mol. The Morgan fingerprint density at radius 3 is 2.42 bits per heavy atom. The first-order chi connectivity index (χ1) is 11.8. The molecule has 0 saturated carbocycles. The second kappa shape index (κ2) is 11.5. The van der Waals surface area contributed by atoms with Crippen LogP contribution < -0.4 is 0 Å². The Hall–Kier alpha value is -1.07. The minimum atomic E-state index is -0.394. The van der Waals surface area contributed by atoms with Crippen LogP contribution in [0.3, 0.4) is 0 Å². The third-order valence-corrected chi connectivity index (χ3v) is 9.37. The van der Waals surface area contributed by atoms with Crippen LogP contribution in [0.4, 0.5) is 0 Å². The number of hydrogen-bond acceptors (Lipinski definition) is 1. The van der Waals surface area contributed by atoms with Gasteiger partial charge in [-0.05, 0) is 36.5 Å². The fraction of sp³-hybridized carbons (Fsp3) is 0.682. The number of rotatable bonds is 10. The van der Waals surface area contributed by atoms with Gasteiger partial charge in [-0.1, -0.05) is 88.6 Å². The molecule has 0 aromatic heterocycles. The Morgan fingerprint density at radius 1 is 1.00 bits per heavy atom. The summed E-state index contributed by atoms with van der Waals surface area (Å²) >= 11 is 0. The molecule has 0 N–H and O–H groups in total. The van der Waals surface area contributed by atoms with E-state index in [9.17, 15) is 0 Å². The highest BCUT2D eigenvalue weighted by molar-refractivity contribution is 6.58. The van der Waals surface area contributed by atoms with E-state index in [1.807, 2.05) is 12.1 Å². The molecule has 0 atom stereocenters. The van der Waals surface area contributed by atoms with E-state index in [0.29, 0.717) is 0 Å². The molecule has 1 aromatic rings. The molecule has 1 nitrogen and oxygen atoms in total. The Labute approximate surface area is 151 Å². The van der Waals surface area contributed by atoms with Crippen molar-refractivity contribution in [3.63, 3.8) is 0 Å². The van der Waals surface area contributed by atoms with E-state index >= 15 is 0 Å². The summed E-state index contributed by atoms with van der Waals surface area (Å²) in [6.45, 7) is 2.30. The maximum absolute atomic E-state index is 8.83. The molecular weight excluding hydrogens is 306 g/mol. The minimum absolute atomic E-state index is 0.394. The molecule has 0 aliphatic carbocycles. The highest BCUT2D eigenvalue weighted by atomic mass is 28.3. The summed E-state index contributed by atoms with van der Waals surface area (Å²) < 4.78 is 0. The van der Waals surface area contributed by atoms with Crippen molar-refractivity contribution in [3.8, 4) is 6.07 Å². The third kappa shape index (κ3) is 7.22. The molecule has 0 spiro atoms. The average Bonchev–Trinajstić information content (AvgIpc) is 2.64. The molecule has 0 amide bonds. The number of unbranched alkanes of at least 4 members (excludes halogenated alkanes) is 4. The van der Waals surface area contributed by atoms with Gasteiger partial charge in [-0.25, -0.2) is 0 Å². The van der Waals surface area contributed by atoms with Crippen molar-refractivity contribution in [2.75, 3.05) is 0 Å². The summed E-state index contributed by atoms with van der Waals surface area (Å²) in [5.41, 5.74) is 2.17. The van der Waals surface area contributed by atoms with E-state index in [2.05, 4.69) is 25.1 Å². The quantitative estimate of drug-likeness (QED) is 0.352. The third-order valence-electron chi connectivity index (χ3n) is 5.84. The Balaban J connectivity index is 1.52. The van der Waals surface area contributed by atoms with Crippen molar-refractivity contribution < 1.29 is 0 Å². The first-order valence-electron chi connectivity index (χ1n) is 10.3. The van der Waals surface area contributed by atoms with Gasteiger partial charge >= 0.3 is 0 Å². The van der Waals surface area contributed by atoms with E-state index in [1.165, 1.54) is 56.9 Å². The van der Waals surface area contributed by atoms with Crippen LogP contribution in [0.5, 0.6) is 0 Å².